The second-order valence-corrected chi connectivity index (χ2v) is 3.32. The summed E-state index contributed by atoms with van der Waals surface area (Å²) in [5, 5.41) is 4.22. The average molecular weight is 215 g/mol. The lowest BCUT2D eigenvalue weighted by atomic mass is 10.2. The number of hydrogen-bond donors (Lipinski definition) is 1. The van der Waals surface area contributed by atoms with Gasteiger partial charge in [-0.2, -0.15) is 5.10 Å². The van der Waals surface area contributed by atoms with E-state index in [1.165, 1.54) is 0 Å². The van der Waals surface area contributed by atoms with Gasteiger partial charge < -0.3 is 5.73 Å². The average Bonchev–Trinajstić information content (AvgIpc) is 2.74. The third-order valence-electron chi connectivity index (χ3n) is 2.05. The standard InChI is InChI=1S/C13H17N3/c1-3-5-7-12(6-4-2)10-16-11-13(8-14)9-15-16/h3-7,9,11H,1-2,8,10,14H2/b7-5-,12-6+. The molecule has 3 nitrogen and oxygen atoms in total. The van der Waals surface area contributed by atoms with Crippen LogP contribution in [0.15, 0.2) is 61.5 Å². The van der Waals surface area contributed by atoms with E-state index in [4.69, 9.17) is 5.73 Å². The van der Waals surface area contributed by atoms with Gasteiger partial charge in [0.05, 0.1) is 12.7 Å². The van der Waals surface area contributed by atoms with Gasteiger partial charge in [-0.3, -0.25) is 4.68 Å². The van der Waals surface area contributed by atoms with Gasteiger partial charge in [0.15, 0.2) is 0 Å². The third-order valence-corrected chi connectivity index (χ3v) is 2.05. The molecule has 0 radical (unpaired) electrons. The van der Waals surface area contributed by atoms with Gasteiger partial charge in [-0.25, -0.2) is 0 Å². The van der Waals surface area contributed by atoms with Crippen LogP contribution in [0.1, 0.15) is 5.56 Å². The number of hydrogen-bond acceptors (Lipinski definition) is 2. The predicted molar refractivity (Wildman–Crippen MR) is 67.7 cm³/mol. The highest BCUT2D eigenvalue weighted by molar-refractivity contribution is 5.25. The Kier molecular flexibility index (Phi) is 5.02. The lowest BCUT2D eigenvalue weighted by Crippen LogP contribution is -2.00. The molecule has 2 N–H and O–H groups in total. The maximum atomic E-state index is 5.52. The van der Waals surface area contributed by atoms with Crippen molar-refractivity contribution in [2.45, 2.75) is 13.1 Å². The summed E-state index contributed by atoms with van der Waals surface area (Å²) in [6, 6.07) is 0. The Labute approximate surface area is 96.3 Å². The van der Waals surface area contributed by atoms with Gasteiger partial charge in [-0.15, -0.1) is 0 Å². The van der Waals surface area contributed by atoms with Crippen molar-refractivity contribution in [1.82, 2.24) is 9.78 Å². The van der Waals surface area contributed by atoms with Crippen LogP contribution in [0.3, 0.4) is 0 Å². The van der Waals surface area contributed by atoms with E-state index in [0.717, 1.165) is 11.1 Å². The highest BCUT2D eigenvalue weighted by atomic mass is 15.3. The van der Waals surface area contributed by atoms with Gasteiger partial charge in [0.25, 0.3) is 0 Å². The molecule has 0 saturated heterocycles. The minimum absolute atomic E-state index is 0.517. The van der Waals surface area contributed by atoms with Crippen molar-refractivity contribution in [2.75, 3.05) is 0 Å². The van der Waals surface area contributed by atoms with Crippen LogP contribution in [0.5, 0.6) is 0 Å². The Hall–Kier alpha value is -1.87. The van der Waals surface area contributed by atoms with E-state index in [1.54, 1.807) is 18.3 Å². The molecule has 3 heteroatoms. The van der Waals surface area contributed by atoms with Crippen LogP contribution < -0.4 is 5.73 Å². The molecule has 1 aromatic heterocycles. The monoisotopic (exact) mass is 215 g/mol. The van der Waals surface area contributed by atoms with Gasteiger partial charge in [0.1, 0.15) is 0 Å². The minimum atomic E-state index is 0.517. The fraction of sp³-hybridized carbons (Fsp3) is 0.154. The molecule has 0 aliphatic heterocycles. The first-order valence-corrected chi connectivity index (χ1v) is 5.12. The molecule has 1 heterocycles. The van der Waals surface area contributed by atoms with E-state index in [9.17, 15) is 0 Å². The summed E-state index contributed by atoms with van der Waals surface area (Å²) < 4.78 is 1.85. The van der Waals surface area contributed by atoms with E-state index < -0.39 is 0 Å². The van der Waals surface area contributed by atoms with Gasteiger partial charge in [-0.05, 0) is 5.57 Å². The van der Waals surface area contributed by atoms with Crippen molar-refractivity contribution in [2.24, 2.45) is 5.73 Å². The SMILES string of the molecule is C=C/C=C\C(=C/C=C)Cn1cc(CN)cn1. The number of rotatable bonds is 6. The fourth-order valence-electron chi connectivity index (χ4n) is 1.29. The maximum Gasteiger partial charge on any atom is 0.0659 e. The number of nitrogens with two attached hydrogens (primary N) is 1. The zero-order valence-electron chi connectivity index (χ0n) is 9.34. The third kappa shape index (κ3) is 3.71. The van der Waals surface area contributed by atoms with Gasteiger partial charge in [0, 0.05) is 18.3 Å². The van der Waals surface area contributed by atoms with Crippen LogP contribution in [0.25, 0.3) is 0 Å². The molecule has 0 unspecified atom stereocenters. The maximum absolute atomic E-state index is 5.52. The van der Waals surface area contributed by atoms with Crippen LogP contribution in [-0.2, 0) is 13.1 Å². The van der Waals surface area contributed by atoms with Gasteiger partial charge >= 0.3 is 0 Å². The first-order valence-electron chi connectivity index (χ1n) is 5.12. The topological polar surface area (TPSA) is 43.8 Å². The second-order valence-electron chi connectivity index (χ2n) is 3.32. The molecule has 84 valence electrons. The van der Waals surface area contributed by atoms with Crippen molar-refractivity contribution in [3.05, 3.63) is 67.1 Å². The molecule has 0 saturated carbocycles. The van der Waals surface area contributed by atoms with E-state index >= 15 is 0 Å². The normalized spacial score (nSPS) is 11.9. The molecular formula is C13H17N3. The van der Waals surface area contributed by atoms with Crippen LogP contribution in [0, 0.1) is 0 Å². The Morgan fingerprint density at radius 2 is 2.25 bits per heavy atom. The molecule has 0 bridgehead atoms. The number of aromatic nitrogens is 2. The zero-order valence-corrected chi connectivity index (χ0v) is 9.34. The Morgan fingerprint density at radius 3 is 2.81 bits per heavy atom. The highest BCUT2D eigenvalue weighted by Gasteiger charge is 1.97. The van der Waals surface area contributed by atoms with Crippen molar-refractivity contribution < 1.29 is 0 Å². The molecule has 1 rings (SSSR count). The van der Waals surface area contributed by atoms with Gasteiger partial charge in [0.2, 0.25) is 0 Å². The minimum Gasteiger partial charge on any atom is -0.326 e. The van der Waals surface area contributed by atoms with Crippen LogP contribution in [0.4, 0.5) is 0 Å². The first kappa shape index (κ1) is 12.2. The molecule has 0 aromatic carbocycles. The molecule has 16 heavy (non-hydrogen) atoms. The van der Waals surface area contributed by atoms with Crippen LogP contribution >= 0.6 is 0 Å². The molecule has 0 spiro atoms. The van der Waals surface area contributed by atoms with Crippen molar-refractivity contribution in [3.8, 4) is 0 Å². The summed E-state index contributed by atoms with van der Waals surface area (Å²) in [6.45, 7) is 8.55. The Morgan fingerprint density at radius 1 is 1.44 bits per heavy atom. The summed E-state index contributed by atoms with van der Waals surface area (Å²) in [7, 11) is 0. The summed E-state index contributed by atoms with van der Waals surface area (Å²) in [5.41, 5.74) is 7.67. The van der Waals surface area contributed by atoms with Crippen molar-refractivity contribution >= 4 is 0 Å². The lowest BCUT2D eigenvalue weighted by molar-refractivity contribution is 0.685. The van der Waals surface area contributed by atoms with Crippen molar-refractivity contribution in [1.29, 1.82) is 0 Å². The molecule has 0 aliphatic carbocycles. The summed E-state index contributed by atoms with van der Waals surface area (Å²) in [6.07, 6.45) is 13.0. The second kappa shape index (κ2) is 6.58. The van der Waals surface area contributed by atoms with E-state index in [1.807, 2.05) is 29.1 Å². The van der Waals surface area contributed by atoms with E-state index in [2.05, 4.69) is 18.3 Å². The van der Waals surface area contributed by atoms with Crippen molar-refractivity contribution in [3.63, 3.8) is 0 Å². The molecule has 0 fully saturated rings. The first-order chi connectivity index (χ1) is 7.80. The lowest BCUT2D eigenvalue weighted by Gasteiger charge is -2.01. The summed E-state index contributed by atoms with van der Waals surface area (Å²) in [4.78, 5) is 0. The predicted octanol–water partition coefficient (Wildman–Crippen LogP) is 2.20. The Bertz CT molecular complexity index is 411. The summed E-state index contributed by atoms with van der Waals surface area (Å²) in [5.74, 6) is 0. The van der Waals surface area contributed by atoms with E-state index in [0.29, 0.717) is 13.1 Å². The quantitative estimate of drug-likeness (QED) is 0.739. The largest absolute Gasteiger partial charge is 0.326 e. The number of allylic oxidation sites excluding steroid dienone is 6. The van der Waals surface area contributed by atoms with Crippen LogP contribution in [-0.4, -0.2) is 9.78 Å². The van der Waals surface area contributed by atoms with Gasteiger partial charge in [-0.1, -0.05) is 43.5 Å². The smallest absolute Gasteiger partial charge is 0.0659 e. The van der Waals surface area contributed by atoms with E-state index in [-0.39, 0.29) is 0 Å². The highest BCUT2D eigenvalue weighted by Crippen LogP contribution is 2.04. The fourth-order valence-corrected chi connectivity index (χ4v) is 1.29. The molecular weight excluding hydrogens is 198 g/mol. The van der Waals surface area contributed by atoms with Crippen LogP contribution in [0.2, 0.25) is 0 Å². The zero-order chi connectivity index (χ0) is 11.8. The molecule has 0 amide bonds. The Balaban J connectivity index is 2.75. The molecule has 1 aromatic rings. The number of nitrogens with zero attached hydrogens (tertiary/aromatic N) is 2. The molecule has 0 atom stereocenters. The molecule has 0 aliphatic rings. The summed E-state index contributed by atoms with van der Waals surface area (Å²) >= 11 is 0.